The summed E-state index contributed by atoms with van der Waals surface area (Å²) >= 11 is 0. The molecular formula is C10H15NO3S. The first-order valence-corrected chi connectivity index (χ1v) is 6.38. The van der Waals surface area contributed by atoms with Gasteiger partial charge in [-0.3, -0.25) is 4.55 Å². The number of anilines is 1. The molecule has 0 aliphatic rings. The molecule has 0 aliphatic heterocycles. The molecule has 0 spiro atoms. The predicted octanol–water partition coefficient (Wildman–Crippen LogP) is 1.48. The first-order chi connectivity index (χ1) is 6.99. The van der Waals surface area contributed by atoms with Crippen molar-refractivity contribution in [2.24, 2.45) is 0 Å². The van der Waals surface area contributed by atoms with Crippen LogP contribution in [0.2, 0.25) is 0 Å². The SMILES string of the molecule is Nc1ccccc1CCCCS(=O)(=O)O. The van der Waals surface area contributed by atoms with Crippen molar-refractivity contribution in [1.29, 1.82) is 0 Å². The number of nitrogen functional groups attached to an aromatic ring is 1. The van der Waals surface area contributed by atoms with Crippen molar-refractivity contribution >= 4 is 15.8 Å². The van der Waals surface area contributed by atoms with Gasteiger partial charge in [0.1, 0.15) is 0 Å². The highest BCUT2D eigenvalue weighted by atomic mass is 32.2. The standard InChI is InChI=1S/C10H15NO3S/c11-10-7-2-1-5-9(10)6-3-4-8-15(12,13)14/h1-2,5,7H,3-4,6,8,11H2,(H,12,13,14). The number of nitrogens with two attached hydrogens (primary N) is 1. The minimum atomic E-state index is -3.82. The van der Waals surface area contributed by atoms with E-state index in [1.807, 2.05) is 24.3 Å². The Bertz CT molecular complexity index is 414. The fourth-order valence-corrected chi connectivity index (χ4v) is 1.93. The Kier molecular flexibility index (Phi) is 4.11. The molecule has 0 heterocycles. The van der Waals surface area contributed by atoms with E-state index in [9.17, 15) is 8.42 Å². The summed E-state index contributed by atoms with van der Waals surface area (Å²) in [7, 11) is -3.82. The van der Waals surface area contributed by atoms with Crippen LogP contribution in [0.1, 0.15) is 18.4 Å². The van der Waals surface area contributed by atoms with Crippen molar-refractivity contribution in [2.45, 2.75) is 19.3 Å². The lowest BCUT2D eigenvalue weighted by atomic mass is 10.1. The van der Waals surface area contributed by atoms with Crippen LogP contribution in [0.25, 0.3) is 0 Å². The van der Waals surface area contributed by atoms with Crippen LogP contribution < -0.4 is 5.73 Å². The van der Waals surface area contributed by atoms with Crippen LogP contribution in [0.4, 0.5) is 5.69 Å². The van der Waals surface area contributed by atoms with E-state index in [-0.39, 0.29) is 5.75 Å². The monoisotopic (exact) mass is 229 g/mol. The van der Waals surface area contributed by atoms with Crippen LogP contribution >= 0.6 is 0 Å². The summed E-state index contributed by atoms with van der Waals surface area (Å²) in [5.74, 6) is -0.181. The van der Waals surface area contributed by atoms with Gasteiger partial charge in [-0.05, 0) is 30.9 Å². The first kappa shape index (κ1) is 12.0. The molecule has 0 saturated carbocycles. The molecule has 1 rings (SSSR count). The molecule has 84 valence electrons. The van der Waals surface area contributed by atoms with E-state index in [4.69, 9.17) is 10.3 Å². The Hall–Kier alpha value is -1.07. The van der Waals surface area contributed by atoms with Crippen LogP contribution in [-0.2, 0) is 16.5 Å². The fourth-order valence-electron chi connectivity index (χ4n) is 1.36. The van der Waals surface area contributed by atoms with Crippen molar-refractivity contribution in [3.05, 3.63) is 29.8 Å². The molecule has 3 N–H and O–H groups in total. The minimum absolute atomic E-state index is 0.181. The van der Waals surface area contributed by atoms with Gasteiger partial charge < -0.3 is 5.73 Å². The summed E-state index contributed by atoms with van der Waals surface area (Å²) in [5.41, 5.74) is 7.47. The lowest BCUT2D eigenvalue weighted by Crippen LogP contribution is -2.04. The molecule has 5 heteroatoms. The van der Waals surface area contributed by atoms with Gasteiger partial charge in [0.25, 0.3) is 10.1 Å². The maximum absolute atomic E-state index is 10.4. The Balaban J connectivity index is 2.36. The summed E-state index contributed by atoms with van der Waals surface area (Å²) in [5, 5.41) is 0. The van der Waals surface area contributed by atoms with Crippen LogP contribution in [0.3, 0.4) is 0 Å². The van der Waals surface area contributed by atoms with E-state index < -0.39 is 10.1 Å². The second kappa shape index (κ2) is 5.14. The summed E-state index contributed by atoms with van der Waals surface area (Å²) in [4.78, 5) is 0. The quantitative estimate of drug-likeness (QED) is 0.455. The van der Waals surface area contributed by atoms with Crippen molar-refractivity contribution in [2.75, 3.05) is 11.5 Å². The number of rotatable bonds is 5. The molecule has 0 aromatic heterocycles. The topological polar surface area (TPSA) is 80.4 Å². The normalized spacial score (nSPS) is 11.5. The summed E-state index contributed by atoms with van der Waals surface area (Å²) < 4.78 is 29.4. The Labute approximate surface area is 89.9 Å². The molecular weight excluding hydrogens is 214 g/mol. The third kappa shape index (κ3) is 4.80. The first-order valence-electron chi connectivity index (χ1n) is 4.77. The van der Waals surface area contributed by atoms with E-state index in [2.05, 4.69) is 0 Å². The van der Waals surface area contributed by atoms with Crippen molar-refractivity contribution in [3.63, 3.8) is 0 Å². The number of unbranched alkanes of at least 4 members (excludes halogenated alkanes) is 1. The van der Waals surface area contributed by atoms with Gasteiger partial charge in [0.05, 0.1) is 5.75 Å². The largest absolute Gasteiger partial charge is 0.399 e. The summed E-state index contributed by atoms with van der Waals surface area (Å²) in [6.45, 7) is 0. The van der Waals surface area contributed by atoms with Crippen molar-refractivity contribution in [3.8, 4) is 0 Å². The molecule has 0 aliphatic carbocycles. The average molecular weight is 229 g/mol. The van der Waals surface area contributed by atoms with E-state index >= 15 is 0 Å². The highest BCUT2D eigenvalue weighted by molar-refractivity contribution is 7.85. The fraction of sp³-hybridized carbons (Fsp3) is 0.400. The number of para-hydroxylation sites is 1. The Morgan fingerprint density at radius 3 is 2.47 bits per heavy atom. The average Bonchev–Trinajstić information content (AvgIpc) is 2.13. The second-order valence-electron chi connectivity index (χ2n) is 3.44. The molecule has 1 aromatic rings. The predicted molar refractivity (Wildman–Crippen MR) is 60.2 cm³/mol. The lowest BCUT2D eigenvalue weighted by molar-refractivity contribution is 0.480. The van der Waals surface area contributed by atoms with Gasteiger partial charge in [0.2, 0.25) is 0 Å². The van der Waals surface area contributed by atoms with Gasteiger partial charge in [-0.2, -0.15) is 8.42 Å². The lowest BCUT2D eigenvalue weighted by Gasteiger charge is -2.04. The van der Waals surface area contributed by atoms with Gasteiger partial charge in [-0.25, -0.2) is 0 Å². The zero-order valence-corrected chi connectivity index (χ0v) is 9.20. The van der Waals surface area contributed by atoms with Crippen molar-refractivity contribution < 1.29 is 13.0 Å². The minimum Gasteiger partial charge on any atom is -0.399 e. The van der Waals surface area contributed by atoms with Crippen LogP contribution in [0, 0.1) is 0 Å². The molecule has 0 amide bonds. The second-order valence-corrected chi connectivity index (χ2v) is 5.01. The maximum Gasteiger partial charge on any atom is 0.264 e. The number of aryl methyl sites for hydroxylation is 1. The molecule has 0 atom stereocenters. The molecule has 4 nitrogen and oxygen atoms in total. The van der Waals surface area contributed by atoms with E-state index in [0.29, 0.717) is 12.8 Å². The molecule has 15 heavy (non-hydrogen) atoms. The molecule has 1 aromatic carbocycles. The highest BCUT2D eigenvalue weighted by Gasteiger charge is 2.04. The molecule has 0 unspecified atom stereocenters. The molecule has 0 radical (unpaired) electrons. The zero-order chi connectivity index (χ0) is 11.3. The molecule has 0 fully saturated rings. The summed E-state index contributed by atoms with van der Waals surface area (Å²) in [6.07, 6.45) is 1.89. The third-order valence-corrected chi connectivity index (χ3v) is 2.96. The smallest absolute Gasteiger partial charge is 0.264 e. The van der Waals surface area contributed by atoms with E-state index in [1.165, 1.54) is 0 Å². The number of benzene rings is 1. The van der Waals surface area contributed by atoms with Crippen LogP contribution in [0.15, 0.2) is 24.3 Å². The van der Waals surface area contributed by atoms with E-state index in [1.54, 1.807) is 0 Å². The van der Waals surface area contributed by atoms with Crippen molar-refractivity contribution in [1.82, 2.24) is 0 Å². The van der Waals surface area contributed by atoms with Crippen LogP contribution in [0.5, 0.6) is 0 Å². The number of hydrogen-bond acceptors (Lipinski definition) is 3. The Morgan fingerprint density at radius 2 is 1.87 bits per heavy atom. The van der Waals surface area contributed by atoms with Gasteiger partial charge >= 0.3 is 0 Å². The molecule has 0 bridgehead atoms. The van der Waals surface area contributed by atoms with Crippen LogP contribution in [-0.4, -0.2) is 18.7 Å². The van der Waals surface area contributed by atoms with Gasteiger partial charge in [-0.1, -0.05) is 18.2 Å². The zero-order valence-electron chi connectivity index (χ0n) is 8.39. The maximum atomic E-state index is 10.4. The molecule has 0 saturated heterocycles. The van der Waals surface area contributed by atoms with Gasteiger partial charge in [0, 0.05) is 5.69 Å². The number of hydrogen-bond donors (Lipinski definition) is 2. The van der Waals surface area contributed by atoms with Gasteiger partial charge in [0.15, 0.2) is 0 Å². The Morgan fingerprint density at radius 1 is 1.20 bits per heavy atom. The van der Waals surface area contributed by atoms with Gasteiger partial charge in [-0.15, -0.1) is 0 Å². The summed E-state index contributed by atoms with van der Waals surface area (Å²) in [6, 6.07) is 7.49. The highest BCUT2D eigenvalue weighted by Crippen LogP contribution is 2.13. The van der Waals surface area contributed by atoms with E-state index in [0.717, 1.165) is 17.7 Å². The third-order valence-electron chi connectivity index (χ3n) is 2.15.